The summed E-state index contributed by atoms with van der Waals surface area (Å²) in [5.41, 5.74) is 2.84. The number of thiophene rings is 1. The fourth-order valence-corrected chi connectivity index (χ4v) is 4.90. The molecule has 1 aromatic heterocycles. The number of benzene rings is 1. The molecule has 0 fully saturated rings. The largest absolute Gasteiger partial charge is 0.462 e. The molecular weight excluding hydrogens is 372 g/mol. The van der Waals surface area contributed by atoms with Crippen LogP contribution in [0.5, 0.6) is 0 Å². The number of aryl methyl sites for hydroxylation is 1. The van der Waals surface area contributed by atoms with Gasteiger partial charge in [-0.05, 0) is 45.1 Å². The van der Waals surface area contributed by atoms with Crippen LogP contribution in [0.1, 0.15) is 65.5 Å². The molecule has 28 heavy (non-hydrogen) atoms. The van der Waals surface area contributed by atoms with Crippen LogP contribution < -0.4 is 10.6 Å². The Hall–Kier alpha value is -2.18. The van der Waals surface area contributed by atoms with Crippen LogP contribution in [0.15, 0.2) is 30.3 Å². The number of ether oxygens (including phenoxy) is 1. The average molecular weight is 402 g/mol. The Bertz CT molecular complexity index is 817. The monoisotopic (exact) mass is 401 g/mol. The molecule has 2 aromatic rings. The molecular formula is C22H29N2O3S+. The summed E-state index contributed by atoms with van der Waals surface area (Å²) in [5.74, 6) is -0.413. The minimum Gasteiger partial charge on any atom is -0.462 e. The Morgan fingerprint density at radius 3 is 2.68 bits per heavy atom. The van der Waals surface area contributed by atoms with Gasteiger partial charge in [0.25, 0.3) is 5.91 Å². The number of rotatable bonds is 7. The third kappa shape index (κ3) is 5.00. The number of amides is 1. The highest BCUT2D eigenvalue weighted by Crippen LogP contribution is 2.37. The quantitative estimate of drug-likeness (QED) is 0.551. The number of fused-ring (bicyclic) bond motifs is 1. The first-order chi connectivity index (χ1) is 13.6. The van der Waals surface area contributed by atoms with Crippen LogP contribution in [0.3, 0.4) is 0 Å². The molecule has 1 heterocycles. The zero-order valence-corrected chi connectivity index (χ0v) is 17.4. The summed E-state index contributed by atoms with van der Waals surface area (Å²) in [7, 11) is 0. The highest BCUT2D eigenvalue weighted by atomic mass is 32.1. The van der Waals surface area contributed by atoms with Crippen molar-refractivity contribution in [2.24, 2.45) is 0 Å². The molecule has 150 valence electrons. The number of hydrogen-bond donors (Lipinski definition) is 2. The lowest BCUT2D eigenvalue weighted by atomic mass is 10.1. The summed E-state index contributed by atoms with van der Waals surface area (Å²) < 4.78 is 5.28. The van der Waals surface area contributed by atoms with Gasteiger partial charge in [0, 0.05) is 10.4 Å². The molecule has 1 atom stereocenters. The van der Waals surface area contributed by atoms with Gasteiger partial charge in [-0.2, -0.15) is 0 Å². The number of nitrogens with one attached hydrogen (secondary N) is 1. The molecule has 5 nitrogen and oxygen atoms in total. The molecule has 3 rings (SSSR count). The van der Waals surface area contributed by atoms with Gasteiger partial charge in [-0.1, -0.05) is 36.8 Å². The van der Waals surface area contributed by atoms with Gasteiger partial charge in [-0.3, -0.25) is 4.79 Å². The molecule has 3 N–H and O–H groups in total. The van der Waals surface area contributed by atoms with Crippen LogP contribution in [-0.4, -0.2) is 25.0 Å². The summed E-state index contributed by atoms with van der Waals surface area (Å²) in [6.45, 7) is 4.53. The van der Waals surface area contributed by atoms with Crippen LogP contribution in [-0.2, 0) is 22.4 Å². The molecule has 0 spiro atoms. The van der Waals surface area contributed by atoms with Gasteiger partial charge in [0.1, 0.15) is 11.0 Å². The topological polar surface area (TPSA) is 72.0 Å². The van der Waals surface area contributed by atoms with Gasteiger partial charge in [0.05, 0.1) is 12.2 Å². The van der Waals surface area contributed by atoms with Crippen molar-refractivity contribution in [1.29, 1.82) is 0 Å². The maximum absolute atomic E-state index is 12.6. The number of esters is 1. The van der Waals surface area contributed by atoms with Crippen LogP contribution in [0, 0.1) is 0 Å². The van der Waals surface area contributed by atoms with E-state index in [9.17, 15) is 9.59 Å². The number of carbonyl (C=O) groups is 2. The van der Waals surface area contributed by atoms with Crippen molar-refractivity contribution in [2.45, 2.75) is 52.0 Å². The lowest BCUT2D eigenvalue weighted by molar-refractivity contribution is -0.682. The second-order valence-electron chi connectivity index (χ2n) is 7.18. The second kappa shape index (κ2) is 9.85. The molecule has 0 aliphatic heterocycles. The summed E-state index contributed by atoms with van der Waals surface area (Å²) >= 11 is 1.54. The van der Waals surface area contributed by atoms with E-state index in [1.807, 2.05) is 23.5 Å². The van der Waals surface area contributed by atoms with E-state index in [-0.39, 0.29) is 17.9 Å². The second-order valence-corrected chi connectivity index (χ2v) is 8.28. The number of carbonyl (C=O) groups excluding carboxylic acids is 2. The Balaban J connectivity index is 1.70. The van der Waals surface area contributed by atoms with Crippen molar-refractivity contribution in [3.05, 3.63) is 51.9 Å². The Morgan fingerprint density at radius 2 is 1.93 bits per heavy atom. The van der Waals surface area contributed by atoms with Crippen molar-refractivity contribution in [2.75, 3.05) is 18.5 Å². The first kappa shape index (κ1) is 20.6. The number of anilines is 1. The maximum atomic E-state index is 12.6. The van der Waals surface area contributed by atoms with E-state index in [2.05, 4.69) is 24.4 Å². The fourth-order valence-electron chi connectivity index (χ4n) is 3.60. The van der Waals surface area contributed by atoms with Crippen molar-refractivity contribution in [3.8, 4) is 0 Å². The van der Waals surface area contributed by atoms with E-state index in [1.165, 1.54) is 16.9 Å². The molecule has 1 aliphatic carbocycles. The normalized spacial score (nSPS) is 14.6. The number of hydrogen-bond acceptors (Lipinski definition) is 4. The molecule has 0 radical (unpaired) electrons. The number of nitrogens with two attached hydrogens (primary N) is 1. The van der Waals surface area contributed by atoms with E-state index in [1.54, 1.807) is 18.3 Å². The third-order valence-electron chi connectivity index (χ3n) is 5.14. The Labute approximate surface area is 170 Å². The molecule has 0 saturated heterocycles. The third-order valence-corrected chi connectivity index (χ3v) is 6.34. The van der Waals surface area contributed by atoms with Gasteiger partial charge >= 0.3 is 5.97 Å². The van der Waals surface area contributed by atoms with Crippen LogP contribution in [0.25, 0.3) is 0 Å². The molecule has 0 unspecified atom stereocenters. The standard InChI is InChI=1S/C22H28N2O3S/c1-3-27-22(26)20-17-12-8-5-9-13-18(17)28-21(20)24-19(25)14-23-15(2)16-10-6-4-7-11-16/h4,6-7,10-11,15,23H,3,5,8-9,12-14H2,1-2H3,(H,24,25)/p+1/t15-/m1/s1. The van der Waals surface area contributed by atoms with E-state index < -0.39 is 0 Å². The van der Waals surface area contributed by atoms with E-state index in [4.69, 9.17) is 4.74 Å². The Morgan fingerprint density at radius 1 is 1.18 bits per heavy atom. The zero-order valence-electron chi connectivity index (χ0n) is 16.6. The molecule has 0 saturated carbocycles. The molecule has 1 aliphatic rings. The van der Waals surface area contributed by atoms with E-state index >= 15 is 0 Å². The average Bonchev–Trinajstić information content (AvgIpc) is 2.87. The van der Waals surface area contributed by atoms with E-state index in [0.717, 1.165) is 31.2 Å². The minimum absolute atomic E-state index is 0.0928. The summed E-state index contributed by atoms with van der Waals surface area (Å²) in [4.78, 5) is 26.4. The molecule has 1 amide bonds. The van der Waals surface area contributed by atoms with E-state index in [0.29, 0.717) is 23.7 Å². The lowest BCUT2D eigenvalue weighted by Gasteiger charge is -2.11. The molecule has 0 bridgehead atoms. The fraction of sp³-hybridized carbons (Fsp3) is 0.455. The maximum Gasteiger partial charge on any atom is 0.341 e. The highest BCUT2D eigenvalue weighted by Gasteiger charge is 2.27. The van der Waals surface area contributed by atoms with Gasteiger partial charge < -0.3 is 15.4 Å². The van der Waals surface area contributed by atoms with Crippen molar-refractivity contribution in [3.63, 3.8) is 0 Å². The van der Waals surface area contributed by atoms with Crippen molar-refractivity contribution < 1.29 is 19.6 Å². The smallest absolute Gasteiger partial charge is 0.341 e. The SMILES string of the molecule is CCOC(=O)c1c(NC(=O)C[NH2+][C@H](C)c2ccccc2)sc2c1CCCCC2. The molecule has 1 aromatic carbocycles. The van der Waals surface area contributed by atoms with Crippen LogP contribution >= 0.6 is 11.3 Å². The number of quaternary nitrogens is 1. The molecule has 6 heteroatoms. The van der Waals surface area contributed by atoms with Crippen LogP contribution in [0.2, 0.25) is 0 Å². The summed E-state index contributed by atoms with van der Waals surface area (Å²) in [6, 6.07) is 10.3. The highest BCUT2D eigenvalue weighted by molar-refractivity contribution is 7.17. The summed E-state index contributed by atoms with van der Waals surface area (Å²) in [6.07, 6.45) is 5.24. The zero-order chi connectivity index (χ0) is 19.9. The minimum atomic E-state index is -0.321. The first-order valence-electron chi connectivity index (χ1n) is 10.1. The summed E-state index contributed by atoms with van der Waals surface area (Å²) in [5, 5.41) is 5.64. The van der Waals surface area contributed by atoms with Crippen LogP contribution in [0.4, 0.5) is 5.00 Å². The lowest BCUT2D eigenvalue weighted by Crippen LogP contribution is -2.86. The van der Waals surface area contributed by atoms with Crippen molar-refractivity contribution in [1.82, 2.24) is 0 Å². The first-order valence-corrected chi connectivity index (χ1v) is 10.9. The van der Waals surface area contributed by atoms with Gasteiger partial charge in [0.15, 0.2) is 6.54 Å². The van der Waals surface area contributed by atoms with Gasteiger partial charge in [0.2, 0.25) is 0 Å². The predicted molar refractivity (Wildman–Crippen MR) is 112 cm³/mol. The van der Waals surface area contributed by atoms with Crippen molar-refractivity contribution >= 4 is 28.2 Å². The Kier molecular flexibility index (Phi) is 7.23. The van der Waals surface area contributed by atoms with Gasteiger partial charge in [-0.15, -0.1) is 11.3 Å². The van der Waals surface area contributed by atoms with Gasteiger partial charge in [-0.25, -0.2) is 4.79 Å². The predicted octanol–water partition coefficient (Wildman–Crippen LogP) is 3.46.